The van der Waals surface area contributed by atoms with Gasteiger partial charge in [0.15, 0.2) is 17.5 Å². The maximum atomic E-state index is 6.44. The van der Waals surface area contributed by atoms with E-state index in [1.54, 1.807) is 0 Å². The van der Waals surface area contributed by atoms with Gasteiger partial charge in [-0.15, -0.1) is 23.8 Å². The number of hydrogen-bond donors (Lipinski definition) is 0. The van der Waals surface area contributed by atoms with E-state index in [4.69, 9.17) is 28.8 Å². The first-order valence-electron chi connectivity index (χ1n) is 18.6. The SMILES string of the molecule is Brc1cc(-c2ccc(-c3nc(-c4cccc5c4oc4ccccc45)nc(-c4cccc5c4oc4ccccc45)n3)cn2)[c-]cc1-c1ccccc1-c1ccccc1.[Ir]. The fourth-order valence-corrected chi connectivity index (χ4v) is 8.24. The van der Waals surface area contributed by atoms with Gasteiger partial charge in [-0.2, -0.15) is 0 Å². The fourth-order valence-electron chi connectivity index (χ4n) is 7.68. The second-order valence-electron chi connectivity index (χ2n) is 13.8. The zero-order valence-corrected chi connectivity index (χ0v) is 34.5. The summed E-state index contributed by atoms with van der Waals surface area (Å²) in [6, 6.07) is 58.6. The second-order valence-corrected chi connectivity index (χ2v) is 14.7. The Kier molecular flexibility index (Phi) is 9.10. The predicted molar refractivity (Wildman–Crippen MR) is 231 cm³/mol. The Morgan fingerprint density at radius 1 is 0.448 bits per heavy atom. The van der Waals surface area contributed by atoms with Crippen molar-refractivity contribution in [2.75, 3.05) is 0 Å². The van der Waals surface area contributed by atoms with Crippen LogP contribution in [0.15, 0.2) is 183 Å². The van der Waals surface area contributed by atoms with E-state index in [2.05, 4.69) is 101 Å². The Balaban J connectivity index is 0.00000408. The van der Waals surface area contributed by atoms with Crippen LogP contribution in [-0.4, -0.2) is 19.9 Å². The molecule has 11 rings (SSSR count). The molecule has 58 heavy (non-hydrogen) atoms. The number of benzene rings is 7. The standard InChI is InChI=1S/C50H28BrN4O2.Ir/c51-42-28-31(24-26-35(42)34-15-5-4-14-33(34)30-12-2-1-3-13-30)43-27-25-32(29-52-43)48-53-49(40-20-10-18-38-36-16-6-8-22-44(36)56-46(38)40)55-50(54-48)41-21-11-19-39-37-17-7-9-23-45(37)57-47(39)41;/h1-23,25-29H;/q-1;. The molecule has 4 heterocycles. The summed E-state index contributed by atoms with van der Waals surface area (Å²) in [7, 11) is 0. The molecule has 8 heteroatoms. The van der Waals surface area contributed by atoms with Crippen molar-refractivity contribution < 1.29 is 28.9 Å². The summed E-state index contributed by atoms with van der Waals surface area (Å²) in [5, 5.41) is 4.06. The molecule has 0 unspecified atom stereocenters. The van der Waals surface area contributed by atoms with E-state index in [9.17, 15) is 0 Å². The molecule has 0 saturated heterocycles. The molecule has 0 fully saturated rings. The third-order valence-electron chi connectivity index (χ3n) is 10.4. The molecule has 11 aromatic rings. The number of hydrogen-bond acceptors (Lipinski definition) is 6. The van der Waals surface area contributed by atoms with Crippen LogP contribution in [0.25, 0.3) is 112 Å². The van der Waals surface area contributed by atoms with Gasteiger partial charge < -0.3 is 13.8 Å². The minimum absolute atomic E-state index is 0. The molecule has 1 radical (unpaired) electrons. The van der Waals surface area contributed by atoms with Gasteiger partial charge in [0.25, 0.3) is 0 Å². The summed E-state index contributed by atoms with van der Waals surface area (Å²) in [6.07, 6.45) is 1.81. The fraction of sp³-hybridized carbons (Fsp3) is 0. The van der Waals surface area contributed by atoms with Crippen LogP contribution in [0.3, 0.4) is 0 Å². The maximum Gasteiger partial charge on any atom is 0.167 e. The smallest absolute Gasteiger partial charge is 0.167 e. The van der Waals surface area contributed by atoms with Gasteiger partial charge >= 0.3 is 0 Å². The maximum absolute atomic E-state index is 6.44. The van der Waals surface area contributed by atoms with E-state index in [-0.39, 0.29) is 20.1 Å². The van der Waals surface area contributed by atoms with E-state index < -0.39 is 0 Å². The summed E-state index contributed by atoms with van der Waals surface area (Å²) in [6.45, 7) is 0. The van der Waals surface area contributed by atoms with Crippen molar-refractivity contribution in [3.8, 4) is 67.7 Å². The summed E-state index contributed by atoms with van der Waals surface area (Å²) in [5.74, 6) is 1.45. The summed E-state index contributed by atoms with van der Waals surface area (Å²) < 4.78 is 13.8. The minimum Gasteiger partial charge on any atom is -0.455 e. The van der Waals surface area contributed by atoms with Crippen LogP contribution >= 0.6 is 15.9 Å². The third kappa shape index (κ3) is 6.14. The van der Waals surface area contributed by atoms with Gasteiger partial charge in [-0.25, -0.2) is 15.0 Å². The van der Waals surface area contributed by atoms with Crippen molar-refractivity contribution in [1.29, 1.82) is 0 Å². The number of para-hydroxylation sites is 4. The predicted octanol–water partition coefficient (Wildman–Crippen LogP) is 13.6. The van der Waals surface area contributed by atoms with E-state index in [1.807, 2.05) is 91.1 Å². The van der Waals surface area contributed by atoms with Crippen LogP contribution < -0.4 is 0 Å². The Morgan fingerprint density at radius 3 is 1.59 bits per heavy atom. The van der Waals surface area contributed by atoms with Gasteiger partial charge in [0.1, 0.15) is 22.3 Å². The van der Waals surface area contributed by atoms with Crippen LogP contribution in [0.1, 0.15) is 0 Å². The van der Waals surface area contributed by atoms with Crippen molar-refractivity contribution in [2.24, 2.45) is 0 Å². The molecule has 0 aliphatic rings. The summed E-state index contributed by atoms with van der Waals surface area (Å²) >= 11 is 3.87. The topological polar surface area (TPSA) is 77.8 Å². The molecular weight excluding hydrogens is 961 g/mol. The molecule has 0 aliphatic carbocycles. The van der Waals surface area contributed by atoms with Crippen LogP contribution in [-0.2, 0) is 20.1 Å². The molecular formula is C50H28BrIrN4O2-. The van der Waals surface area contributed by atoms with Gasteiger partial charge in [0, 0.05) is 53.4 Å². The van der Waals surface area contributed by atoms with Crippen molar-refractivity contribution in [3.05, 3.63) is 181 Å². The molecule has 0 saturated carbocycles. The average Bonchev–Trinajstić information content (AvgIpc) is 3.85. The van der Waals surface area contributed by atoms with Gasteiger partial charge in [-0.05, 0) is 41.1 Å². The van der Waals surface area contributed by atoms with Crippen molar-refractivity contribution in [1.82, 2.24) is 19.9 Å². The van der Waals surface area contributed by atoms with Crippen molar-refractivity contribution in [2.45, 2.75) is 0 Å². The normalized spacial score (nSPS) is 11.4. The monoisotopic (exact) mass is 988 g/mol. The first-order chi connectivity index (χ1) is 28.2. The van der Waals surface area contributed by atoms with E-state index in [0.717, 1.165) is 87.4 Å². The molecule has 0 spiro atoms. The van der Waals surface area contributed by atoms with Crippen molar-refractivity contribution >= 4 is 59.8 Å². The van der Waals surface area contributed by atoms with Gasteiger partial charge in [0.2, 0.25) is 0 Å². The number of aromatic nitrogens is 4. The van der Waals surface area contributed by atoms with E-state index in [0.29, 0.717) is 28.6 Å². The molecule has 0 amide bonds. The summed E-state index contributed by atoms with van der Waals surface area (Å²) in [4.78, 5) is 20.1. The van der Waals surface area contributed by atoms with Crippen LogP contribution in [0.2, 0.25) is 0 Å². The number of halogens is 1. The quantitative estimate of drug-likeness (QED) is 0.155. The molecule has 0 aliphatic heterocycles. The number of rotatable bonds is 6. The average molecular weight is 989 g/mol. The molecule has 0 atom stereocenters. The number of pyridine rings is 1. The Hall–Kier alpha value is -6.57. The number of nitrogens with zero attached hydrogens (tertiary/aromatic N) is 4. The zero-order valence-electron chi connectivity index (χ0n) is 30.5. The van der Waals surface area contributed by atoms with E-state index >= 15 is 0 Å². The van der Waals surface area contributed by atoms with Crippen LogP contribution in [0, 0.1) is 6.07 Å². The third-order valence-corrected chi connectivity index (χ3v) is 11.1. The van der Waals surface area contributed by atoms with Gasteiger partial charge in [-0.3, -0.25) is 0 Å². The molecule has 6 nitrogen and oxygen atoms in total. The molecule has 4 aromatic heterocycles. The second kappa shape index (κ2) is 14.7. The molecule has 277 valence electrons. The molecule has 0 bridgehead atoms. The molecule has 7 aromatic carbocycles. The first-order valence-corrected chi connectivity index (χ1v) is 19.4. The zero-order chi connectivity index (χ0) is 37.9. The number of furan rings is 2. The van der Waals surface area contributed by atoms with Crippen molar-refractivity contribution in [3.63, 3.8) is 0 Å². The number of fused-ring (bicyclic) bond motifs is 6. The Morgan fingerprint density at radius 2 is 0.983 bits per heavy atom. The van der Waals surface area contributed by atoms with Gasteiger partial charge in [0.05, 0.1) is 11.1 Å². The van der Waals surface area contributed by atoms with Crippen LogP contribution in [0.5, 0.6) is 0 Å². The largest absolute Gasteiger partial charge is 0.455 e. The van der Waals surface area contributed by atoms with Crippen LogP contribution in [0.4, 0.5) is 0 Å². The Labute approximate surface area is 354 Å². The Bertz CT molecular complexity index is 3190. The van der Waals surface area contributed by atoms with E-state index in [1.165, 1.54) is 0 Å². The minimum atomic E-state index is 0. The molecule has 0 N–H and O–H groups in total. The van der Waals surface area contributed by atoms with Gasteiger partial charge in [-0.1, -0.05) is 159 Å². The summed E-state index contributed by atoms with van der Waals surface area (Å²) in [5.41, 5.74) is 11.4. The first kappa shape index (κ1) is 35.8.